The molecule has 0 fully saturated rings. The van der Waals surface area contributed by atoms with Crippen molar-refractivity contribution < 1.29 is 28.5 Å². The van der Waals surface area contributed by atoms with E-state index >= 15 is 0 Å². The summed E-state index contributed by atoms with van der Waals surface area (Å²) in [6.45, 7) is -0.513. The molecule has 10 heteroatoms. The molecule has 0 atom stereocenters. The summed E-state index contributed by atoms with van der Waals surface area (Å²) in [4.78, 5) is 23.0. The van der Waals surface area contributed by atoms with Crippen LogP contribution in [-0.4, -0.2) is 25.5 Å². The maximum atomic E-state index is 11.5. The van der Waals surface area contributed by atoms with Gasteiger partial charge >= 0.3 is 12.3 Å². The maximum absolute atomic E-state index is 11.5. The molecule has 0 amide bonds. The van der Waals surface area contributed by atoms with Crippen molar-refractivity contribution in [3.63, 3.8) is 0 Å². The van der Waals surface area contributed by atoms with Crippen LogP contribution in [0.2, 0.25) is 20.1 Å². The van der Waals surface area contributed by atoms with Gasteiger partial charge in [0.25, 0.3) is 0 Å². The van der Waals surface area contributed by atoms with E-state index in [-0.39, 0.29) is 34.8 Å². The van der Waals surface area contributed by atoms with E-state index in [0.29, 0.717) is 10.0 Å². The summed E-state index contributed by atoms with van der Waals surface area (Å²) in [6.07, 6.45) is -2.04. The van der Waals surface area contributed by atoms with Crippen molar-refractivity contribution in [1.82, 2.24) is 0 Å². The molecule has 0 saturated carbocycles. The van der Waals surface area contributed by atoms with Crippen molar-refractivity contribution in [2.45, 2.75) is 0 Å². The maximum Gasteiger partial charge on any atom is 0.514 e. The predicted molar refractivity (Wildman–Crippen MR) is 96.9 cm³/mol. The molecule has 26 heavy (non-hydrogen) atoms. The molecule has 138 valence electrons. The average molecular weight is 440 g/mol. The first-order valence-electron chi connectivity index (χ1n) is 6.94. The lowest BCUT2D eigenvalue weighted by atomic mass is 10.3. The summed E-state index contributed by atoms with van der Waals surface area (Å²) in [6, 6.07) is 8.64. The molecular formula is C16H10Cl4O6. The van der Waals surface area contributed by atoms with Gasteiger partial charge in [-0.1, -0.05) is 46.4 Å². The van der Waals surface area contributed by atoms with Crippen LogP contribution >= 0.6 is 46.4 Å². The van der Waals surface area contributed by atoms with Gasteiger partial charge in [-0.2, -0.15) is 0 Å². The second-order valence-corrected chi connectivity index (χ2v) is 6.24. The molecule has 0 spiro atoms. The number of carbonyl (C=O) groups excluding carboxylic acids is 2. The number of rotatable bonds is 5. The Balaban J connectivity index is 1.70. The quantitative estimate of drug-likeness (QED) is 0.321. The van der Waals surface area contributed by atoms with E-state index in [0.717, 1.165) is 0 Å². The third kappa shape index (κ3) is 6.46. The van der Waals surface area contributed by atoms with Gasteiger partial charge in [0.05, 0.1) is 10.0 Å². The fourth-order valence-electron chi connectivity index (χ4n) is 1.60. The monoisotopic (exact) mass is 438 g/mol. The smallest absolute Gasteiger partial charge is 0.430 e. The fraction of sp³-hybridized carbons (Fsp3) is 0.125. The molecule has 0 aliphatic heterocycles. The van der Waals surface area contributed by atoms with E-state index in [1.807, 2.05) is 0 Å². The SMILES string of the molecule is O=C(OCCOC(=O)Oc1ccc(Cl)cc1Cl)Oc1ccc(Cl)cc1Cl. The number of hydrogen-bond donors (Lipinski definition) is 0. The van der Waals surface area contributed by atoms with Gasteiger partial charge in [-0.15, -0.1) is 0 Å². The lowest BCUT2D eigenvalue weighted by molar-refractivity contribution is 0.0542. The zero-order valence-corrected chi connectivity index (χ0v) is 15.9. The summed E-state index contributed by atoms with van der Waals surface area (Å²) in [5.74, 6) is 0.164. The Kier molecular flexibility index (Phi) is 7.66. The number of hydrogen-bond acceptors (Lipinski definition) is 6. The molecule has 6 nitrogen and oxygen atoms in total. The fourth-order valence-corrected chi connectivity index (χ4v) is 2.50. The molecule has 0 N–H and O–H groups in total. The Labute approximate surface area is 168 Å². The van der Waals surface area contributed by atoms with E-state index in [9.17, 15) is 9.59 Å². The largest absolute Gasteiger partial charge is 0.514 e. The van der Waals surface area contributed by atoms with Crippen molar-refractivity contribution in [2.24, 2.45) is 0 Å². The molecule has 0 bridgehead atoms. The van der Waals surface area contributed by atoms with Crippen LogP contribution in [0.3, 0.4) is 0 Å². The highest BCUT2D eigenvalue weighted by Crippen LogP contribution is 2.28. The van der Waals surface area contributed by atoms with Gasteiger partial charge in [0.15, 0.2) is 11.5 Å². The van der Waals surface area contributed by atoms with E-state index in [1.165, 1.54) is 36.4 Å². The second-order valence-electron chi connectivity index (χ2n) is 4.55. The summed E-state index contributed by atoms with van der Waals surface area (Å²) < 4.78 is 19.2. The van der Waals surface area contributed by atoms with Crippen LogP contribution < -0.4 is 9.47 Å². The minimum Gasteiger partial charge on any atom is -0.430 e. The van der Waals surface area contributed by atoms with Crippen LogP contribution in [0.15, 0.2) is 36.4 Å². The van der Waals surface area contributed by atoms with Gasteiger partial charge in [0.2, 0.25) is 0 Å². The van der Waals surface area contributed by atoms with E-state index in [1.54, 1.807) is 0 Å². The first-order valence-corrected chi connectivity index (χ1v) is 8.45. The average Bonchev–Trinajstić information content (AvgIpc) is 2.57. The van der Waals surface area contributed by atoms with Crippen LogP contribution in [0.5, 0.6) is 11.5 Å². The van der Waals surface area contributed by atoms with Gasteiger partial charge in [0, 0.05) is 10.0 Å². The third-order valence-corrected chi connectivity index (χ3v) is 3.76. The van der Waals surface area contributed by atoms with E-state index in [2.05, 4.69) is 0 Å². The summed E-state index contributed by atoms with van der Waals surface area (Å²) in [7, 11) is 0. The minimum absolute atomic E-state index is 0.0822. The van der Waals surface area contributed by atoms with E-state index < -0.39 is 12.3 Å². The number of halogens is 4. The Morgan fingerprint density at radius 3 is 1.42 bits per heavy atom. The minimum atomic E-state index is -1.02. The van der Waals surface area contributed by atoms with Crippen molar-refractivity contribution in [2.75, 3.05) is 13.2 Å². The highest BCUT2D eigenvalue weighted by molar-refractivity contribution is 6.36. The lowest BCUT2D eigenvalue weighted by Gasteiger charge is -2.09. The van der Waals surface area contributed by atoms with Crippen LogP contribution in [0.4, 0.5) is 9.59 Å². The van der Waals surface area contributed by atoms with Crippen LogP contribution in [-0.2, 0) is 9.47 Å². The third-order valence-electron chi connectivity index (χ3n) is 2.70. The molecule has 0 unspecified atom stereocenters. The van der Waals surface area contributed by atoms with Gasteiger partial charge in [-0.3, -0.25) is 0 Å². The van der Waals surface area contributed by atoms with Crippen molar-refractivity contribution in [3.8, 4) is 11.5 Å². The zero-order valence-electron chi connectivity index (χ0n) is 12.8. The number of benzene rings is 2. The Bertz CT molecular complexity index is 744. The summed E-state index contributed by atoms with van der Waals surface area (Å²) >= 11 is 23.2. The molecular weight excluding hydrogens is 430 g/mol. The van der Waals surface area contributed by atoms with Crippen molar-refractivity contribution >= 4 is 58.7 Å². The first-order chi connectivity index (χ1) is 12.3. The highest BCUT2D eigenvalue weighted by atomic mass is 35.5. The van der Waals surface area contributed by atoms with Gasteiger partial charge in [-0.25, -0.2) is 9.59 Å². The molecule has 0 aliphatic rings. The topological polar surface area (TPSA) is 71.1 Å². The molecule has 0 heterocycles. The van der Waals surface area contributed by atoms with E-state index in [4.69, 9.17) is 65.4 Å². The molecule has 0 saturated heterocycles. The number of carbonyl (C=O) groups is 2. The van der Waals surface area contributed by atoms with Crippen LogP contribution in [0.1, 0.15) is 0 Å². The molecule has 0 aromatic heterocycles. The summed E-state index contributed by atoms with van der Waals surface area (Å²) in [5, 5.41) is 1.08. The van der Waals surface area contributed by atoms with Gasteiger partial charge < -0.3 is 18.9 Å². The molecule has 2 aromatic carbocycles. The highest BCUT2D eigenvalue weighted by Gasteiger charge is 2.12. The van der Waals surface area contributed by atoms with Gasteiger partial charge in [0.1, 0.15) is 13.2 Å². The Hall–Kier alpha value is -1.86. The molecule has 0 radical (unpaired) electrons. The van der Waals surface area contributed by atoms with Crippen molar-refractivity contribution in [1.29, 1.82) is 0 Å². The molecule has 2 rings (SSSR count). The molecule has 0 aliphatic carbocycles. The Morgan fingerprint density at radius 2 is 1.08 bits per heavy atom. The van der Waals surface area contributed by atoms with Crippen LogP contribution in [0.25, 0.3) is 0 Å². The van der Waals surface area contributed by atoms with Crippen LogP contribution in [0, 0.1) is 0 Å². The second kappa shape index (κ2) is 9.73. The standard InChI is InChI=1S/C16H10Cl4O6/c17-9-1-3-13(11(19)7-9)25-15(21)23-5-6-24-16(22)26-14-4-2-10(18)8-12(14)20/h1-4,7-8H,5-6H2. The van der Waals surface area contributed by atoms with Crippen molar-refractivity contribution in [3.05, 3.63) is 56.5 Å². The first kappa shape index (κ1) is 20.5. The van der Waals surface area contributed by atoms with Gasteiger partial charge in [-0.05, 0) is 36.4 Å². The predicted octanol–water partition coefficient (Wildman–Crippen LogP) is 6.03. The summed E-state index contributed by atoms with van der Waals surface area (Å²) in [5.41, 5.74) is 0. The lowest BCUT2D eigenvalue weighted by Crippen LogP contribution is -2.18. The zero-order chi connectivity index (χ0) is 19.1. The number of ether oxygens (including phenoxy) is 4. The Morgan fingerprint density at radius 1 is 0.692 bits per heavy atom. The molecule has 2 aromatic rings. The normalized spacial score (nSPS) is 10.2.